The lowest BCUT2D eigenvalue weighted by atomic mass is 9.79. The van der Waals surface area contributed by atoms with Gasteiger partial charge in [-0.25, -0.2) is 0 Å². The molecule has 0 amide bonds. The van der Waals surface area contributed by atoms with Gasteiger partial charge in [-0.05, 0) is 84.7 Å². The summed E-state index contributed by atoms with van der Waals surface area (Å²) in [6.07, 6.45) is 4.44. The van der Waals surface area contributed by atoms with Crippen molar-refractivity contribution >= 4 is 48.6 Å². The molecule has 5 N–H and O–H groups in total. The third-order valence-corrected chi connectivity index (χ3v) is 7.67. The Morgan fingerprint density at radius 2 is 0.659 bits per heavy atom. The van der Waals surface area contributed by atoms with Crippen molar-refractivity contribution in [1.82, 2.24) is 5.32 Å². The number of rotatable bonds is 12. The normalized spacial score (nSPS) is 12.1. The van der Waals surface area contributed by atoms with Crippen LogP contribution in [0.2, 0.25) is 0 Å². The molecule has 2 rings (SSSR count). The van der Waals surface area contributed by atoms with E-state index < -0.39 is 0 Å². The summed E-state index contributed by atoms with van der Waals surface area (Å²) in [5.74, 6) is 0.865. The summed E-state index contributed by atoms with van der Waals surface area (Å²) in [5.41, 5.74) is 5.72. The second-order valence-electron chi connectivity index (χ2n) is 15.9. The topological polar surface area (TPSA) is 76.5 Å². The standard InChI is InChI=1S/C36H61N3O2.3ClH/c1-33(2,3)27-21-25(22-28(31(27)40)34(4,5)6)38-19-15-13-17-37-18-14-16-20-39-26-23-29(35(7,8)9)32(41)30(24-26)36(10,11)12;;;/h21-24,37-41H,13-20H2,1-12H3;3*1H. The zero-order chi connectivity index (χ0) is 31.2. The minimum Gasteiger partial charge on any atom is -0.507 e. The quantitative estimate of drug-likeness (QED) is 0.114. The Morgan fingerprint density at radius 1 is 0.432 bits per heavy atom. The van der Waals surface area contributed by atoms with Gasteiger partial charge in [-0.2, -0.15) is 0 Å². The van der Waals surface area contributed by atoms with Gasteiger partial charge in [0.25, 0.3) is 0 Å². The van der Waals surface area contributed by atoms with Crippen molar-refractivity contribution in [3.05, 3.63) is 46.5 Å². The molecular weight excluding hydrogens is 613 g/mol. The molecule has 5 nitrogen and oxygen atoms in total. The second kappa shape index (κ2) is 18.0. The highest BCUT2D eigenvalue weighted by atomic mass is 35.5. The highest BCUT2D eigenvalue weighted by molar-refractivity contribution is 5.86. The minimum atomic E-state index is -0.115. The van der Waals surface area contributed by atoms with E-state index in [2.05, 4.69) is 123 Å². The molecule has 44 heavy (non-hydrogen) atoms. The molecule has 0 aromatic heterocycles. The van der Waals surface area contributed by atoms with Crippen LogP contribution in [0.5, 0.6) is 11.5 Å². The van der Waals surface area contributed by atoms with Gasteiger partial charge in [-0.1, -0.05) is 83.1 Å². The zero-order valence-corrected chi connectivity index (χ0v) is 32.0. The van der Waals surface area contributed by atoms with Crippen molar-refractivity contribution < 1.29 is 10.2 Å². The molecule has 2 aromatic rings. The van der Waals surface area contributed by atoms with Crippen molar-refractivity contribution in [2.45, 2.75) is 130 Å². The van der Waals surface area contributed by atoms with Crippen molar-refractivity contribution in [2.24, 2.45) is 0 Å². The fourth-order valence-corrected chi connectivity index (χ4v) is 5.10. The summed E-state index contributed by atoms with van der Waals surface area (Å²) < 4.78 is 0. The number of unbranched alkanes of at least 4 members (excludes halogenated alkanes) is 2. The Bertz CT molecular complexity index is 982. The monoisotopic (exact) mass is 675 g/mol. The molecule has 0 saturated heterocycles. The summed E-state index contributed by atoms with van der Waals surface area (Å²) in [7, 11) is 0. The predicted molar refractivity (Wildman–Crippen MR) is 201 cm³/mol. The van der Waals surface area contributed by atoms with E-state index in [4.69, 9.17) is 0 Å². The summed E-state index contributed by atoms with van der Waals surface area (Å²) in [4.78, 5) is 0. The van der Waals surface area contributed by atoms with Crippen LogP contribution in [-0.2, 0) is 21.7 Å². The molecule has 0 aliphatic carbocycles. The maximum atomic E-state index is 10.9. The first kappa shape index (κ1) is 44.6. The van der Waals surface area contributed by atoms with Crippen LogP contribution in [0.25, 0.3) is 0 Å². The van der Waals surface area contributed by atoms with Crippen molar-refractivity contribution in [3.8, 4) is 11.5 Å². The van der Waals surface area contributed by atoms with Crippen LogP contribution in [0.3, 0.4) is 0 Å². The summed E-state index contributed by atoms with van der Waals surface area (Å²) in [6.45, 7) is 29.7. The number of hydrogen-bond acceptors (Lipinski definition) is 5. The molecule has 2 aromatic carbocycles. The van der Waals surface area contributed by atoms with Crippen LogP contribution in [-0.4, -0.2) is 36.4 Å². The van der Waals surface area contributed by atoms with Crippen LogP contribution < -0.4 is 16.0 Å². The van der Waals surface area contributed by atoms with Crippen LogP contribution >= 0.6 is 37.2 Å². The summed E-state index contributed by atoms with van der Waals surface area (Å²) in [6, 6.07) is 8.46. The highest BCUT2D eigenvalue weighted by Gasteiger charge is 2.27. The third kappa shape index (κ3) is 13.4. The summed E-state index contributed by atoms with van der Waals surface area (Å²) in [5, 5.41) is 32.6. The molecule has 0 heterocycles. The van der Waals surface area contributed by atoms with Gasteiger partial charge in [0.05, 0.1) is 0 Å². The number of benzene rings is 2. The van der Waals surface area contributed by atoms with E-state index in [0.29, 0.717) is 11.5 Å². The maximum Gasteiger partial charge on any atom is 0.123 e. The van der Waals surface area contributed by atoms with Gasteiger partial charge < -0.3 is 26.2 Å². The molecular formula is C36H64Cl3N3O2. The fourth-order valence-electron chi connectivity index (χ4n) is 5.10. The lowest BCUT2D eigenvalue weighted by Crippen LogP contribution is -2.19. The number of nitrogens with one attached hydrogen (secondary N) is 3. The van der Waals surface area contributed by atoms with Gasteiger partial charge in [0.2, 0.25) is 0 Å². The Kier molecular flexibility index (Phi) is 18.2. The molecule has 0 aliphatic rings. The average Bonchev–Trinajstić information content (AvgIpc) is 2.81. The Morgan fingerprint density at radius 3 is 0.886 bits per heavy atom. The third-order valence-electron chi connectivity index (χ3n) is 7.67. The van der Waals surface area contributed by atoms with Gasteiger partial charge >= 0.3 is 0 Å². The van der Waals surface area contributed by atoms with E-state index in [1.165, 1.54) is 0 Å². The Balaban J connectivity index is 0. The first-order valence-electron chi connectivity index (χ1n) is 15.7. The number of aromatic hydroxyl groups is 2. The van der Waals surface area contributed by atoms with Crippen LogP contribution in [0.1, 0.15) is 131 Å². The average molecular weight is 677 g/mol. The number of halogens is 3. The highest BCUT2D eigenvalue weighted by Crippen LogP contribution is 2.42. The van der Waals surface area contributed by atoms with Gasteiger partial charge in [-0.15, -0.1) is 37.2 Å². The first-order valence-corrected chi connectivity index (χ1v) is 15.7. The van der Waals surface area contributed by atoms with Crippen LogP contribution in [0.15, 0.2) is 24.3 Å². The van der Waals surface area contributed by atoms with Crippen molar-refractivity contribution in [2.75, 3.05) is 36.8 Å². The lowest BCUT2D eigenvalue weighted by molar-refractivity contribution is 0.422. The molecule has 0 bridgehead atoms. The molecule has 8 heteroatoms. The van der Waals surface area contributed by atoms with Crippen LogP contribution in [0, 0.1) is 0 Å². The predicted octanol–water partition coefficient (Wildman–Crippen LogP) is 10.2. The number of anilines is 2. The number of phenolic OH excluding ortho intramolecular Hbond substituents is 2. The summed E-state index contributed by atoms with van der Waals surface area (Å²) >= 11 is 0. The maximum absolute atomic E-state index is 10.9. The molecule has 0 spiro atoms. The van der Waals surface area contributed by atoms with Crippen LogP contribution in [0.4, 0.5) is 11.4 Å². The molecule has 0 saturated carbocycles. The van der Waals surface area contributed by atoms with E-state index in [0.717, 1.165) is 85.5 Å². The largest absolute Gasteiger partial charge is 0.507 e. The Hall–Kier alpha value is -1.53. The van der Waals surface area contributed by atoms with E-state index in [1.54, 1.807) is 0 Å². The van der Waals surface area contributed by atoms with Gasteiger partial charge in [0.1, 0.15) is 11.5 Å². The second-order valence-corrected chi connectivity index (χ2v) is 15.9. The first-order chi connectivity index (χ1) is 18.7. The fraction of sp³-hybridized carbons (Fsp3) is 0.667. The SMILES string of the molecule is CC(C)(C)c1cc(NCCCCNCCCCNc2cc(C(C)(C)C)c(O)c(C(C)(C)C)c2)cc(C(C)(C)C)c1O.Cl.Cl.Cl. The number of hydrogen-bond donors (Lipinski definition) is 5. The van der Waals surface area contributed by atoms with E-state index in [1.807, 2.05) is 0 Å². The van der Waals surface area contributed by atoms with Crippen molar-refractivity contribution in [3.63, 3.8) is 0 Å². The lowest BCUT2D eigenvalue weighted by Gasteiger charge is -2.28. The number of phenols is 2. The van der Waals surface area contributed by atoms with Gasteiger partial charge in [-0.3, -0.25) is 0 Å². The molecule has 256 valence electrons. The smallest absolute Gasteiger partial charge is 0.123 e. The minimum absolute atomic E-state index is 0. The molecule has 0 radical (unpaired) electrons. The molecule has 0 fully saturated rings. The molecule has 0 unspecified atom stereocenters. The Labute approximate surface area is 288 Å². The van der Waals surface area contributed by atoms with Gasteiger partial charge in [0.15, 0.2) is 0 Å². The molecule has 0 atom stereocenters. The van der Waals surface area contributed by atoms with Crippen molar-refractivity contribution in [1.29, 1.82) is 0 Å². The van der Waals surface area contributed by atoms with E-state index >= 15 is 0 Å². The molecule has 0 aliphatic heterocycles. The van der Waals surface area contributed by atoms with E-state index in [-0.39, 0.29) is 58.9 Å². The van der Waals surface area contributed by atoms with Gasteiger partial charge in [0, 0.05) is 46.7 Å². The van der Waals surface area contributed by atoms with E-state index in [9.17, 15) is 10.2 Å². The zero-order valence-electron chi connectivity index (χ0n) is 29.6.